The average Bonchev–Trinajstić information content (AvgIpc) is 2.53. The number of unbranched alkanes of at least 4 members (excludes halogenated alkanes) is 10. The van der Waals surface area contributed by atoms with E-state index in [2.05, 4.69) is 26.0 Å². The van der Waals surface area contributed by atoms with Crippen molar-refractivity contribution in [3.63, 3.8) is 0 Å². The fraction of sp³-hybridized carbons (Fsp3) is 0.900. The van der Waals surface area contributed by atoms with E-state index < -0.39 is 0 Å². The minimum Gasteiger partial charge on any atom is -0.394 e. The summed E-state index contributed by atoms with van der Waals surface area (Å²) in [5, 5.41) is 8.68. The molecule has 0 radical (unpaired) electrons. The van der Waals surface area contributed by atoms with Crippen molar-refractivity contribution in [1.29, 1.82) is 0 Å². The predicted octanol–water partition coefficient (Wildman–Crippen LogP) is 6.03. The molecule has 1 N–H and O–H groups in total. The van der Waals surface area contributed by atoms with E-state index in [-0.39, 0.29) is 6.61 Å². The Hall–Kier alpha value is -0.340. The monoisotopic (exact) mass is 312 g/mol. The highest BCUT2D eigenvalue weighted by atomic mass is 16.5. The van der Waals surface area contributed by atoms with Gasteiger partial charge >= 0.3 is 0 Å². The van der Waals surface area contributed by atoms with E-state index in [0.29, 0.717) is 12.7 Å². The summed E-state index contributed by atoms with van der Waals surface area (Å²) in [7, 11) is 0. The van der Waals surface area contributed by atoms with Crippen molar-refractivity contribution in [3.8, 4) is 0 Å². The molecule has 0 aliphatic carbocycles. The summed E-state index contributed by atoms with van der Waals surface area (Å²) in [5.41, 5.74) is 0. The smallest absolute Gasteiger partial charge is 0.0701 e. The summed E-state index contributed by atoms with van der Waals surface area (Å²) in [5.74, 6) is 0. The van der Waals surface area contributed by atoms with Crippen LogP contribution in [0.25, 0.3) is 0 Å². The van der Waals surface area contributed by atoms with E-state index in [1.54, 1.807) is 0 Å². The summed E-state index contributed by atoms with van der Waals surface area (Å²) in [6.07, 6.45) is 22.2. The Bertz CT molecular complexity index is 226. The van der Waals surface area contributed by atoms with Crippen LogP contribution in [0.2, 0.25) is 0 Å². The van der Waals surface area contributed by atoms with Crippen molar-refractivity contribution in [2.24, 2.45) is 0 Å². The van der Waals surface area contributed by atoms with Crippen molar-refractivity contribution in [2.75, 3.05) is 13.2 Å². The minimum absolute atomic E-state index is 0.134. The molecule has 0 aromatic rings. The maximum absolute atomic E-state index is 8.68. The molecule has 22 heavy (non-hydrogen) atoms. The molecular formula is C20H40O2. The van der Waals surface area contributed by atoms with E-state index in [1.807, 2.05) is 0 Å². The summed E-state index contributed by atoms with van der Waals surface area (Å²) in [6.45, 7) is 4.98. The van der Waals surface area contributed by atoms with E-state index in [4.69, 9.17) is 9.84 Å². The molecule has 1 atom stereocenters. The third-order valence-corrected chi connectivity index (χ3v) is 4.12. The molecule has 0 saturated heterocycles. The molecule has 0 heterocycles. The molecule has 0 aromatic heterocycles. The highest BCUT2D eigenvalue weighted by Gasteiger charge is 2.00. The Kier molecular flexibility index (Phi) is 18.4. The first-order valence-electron chi connectivity index (χ1n) is 9.68. The largest absolute Gasteiger partial charge is 0.394 e. The second kappa shape index (κ2) is 18.7. The number of ether oxygens (including phenoxy) is 1. The van der Waals surface area contributed by atoms with Crippen molar-refractivity contribution < 1.29 is 9.84 Å². The van der Waals surface area contributed by atoms with Crippen molar-refractivity contribution in [1.82, 2.24) is 0 Å². The van der Waals surface area contributed by atoms with Crippen LogP contribution in [0.15, 0.2) is 12.2 Å². The van der Waals surface area contributed by atoms with Crippen LogP contribution in [0.4, 0.5) is 0 Å². The van der Waals surface area contributed by atoms with Crippen LogP contribution in [0, 0.1) is 0 Å². The zero-order chi connectivity index (χ0) is 16.3. The molecule has 2 nitrogen and oxygen atoms in total. The molecule has 0 fully saturated rings. The van der Waals surface area contributed by atoms with Crippen LogP contribution >= 0.6 is 0 Å². The first-order chi connectivity index (χ1) is 10.8. The van der Waals surface area contributed by atoms with Gasteiger partial charge in [0.25, 0.3) is 0 Å². The molecule has 0 saturated carbocycles. The molecule has 0 bridgehead atoms. The third-order valence-electron chi connectivity index (χ3n) is 4.12. The van der Waals surface area contributed by atoms with Gasteiger partial charge in [-0.2, -0.15) is 0 Å². The molecule has 1 unspecified atom stereocenters. The Morgan fingerprint density at radius 1 is 0.818 bits per heavy atom. The van der Waals surface area contributed by atoms with Gasteiger partial charge < -0.3 is 9.84 Å². The number of allylic oxidation sites excluding steroid dienone is 2. The van der Waals surface area contributed by atoms with Crippen LogP contribution in [0.5, 0.6) is 0 Å². The molecule has 0 aromatic carbocycles. The summed E-state index contributed by atoms with van der Waals surface area (Å²) in [4.78, 5) is 0. The van der Waals surface area contributed by atoms with Crippen LogP contribution in [-0.4, -0.2) is 24.4 Å². The molecule has 2 heteroatoms. The maximum atomic E-state index is 8.68. The highest BCUT2D eigenvalue weighted by molar-refractivity contribution is 4.81. The van der Waals surface area contributed by atoms with Crippen molar-refractivity contribution in [3.05, 3.63) is 12.2 Å². The standard InChI is InChI=1S/C20H40O2/c1-3-4-5-6-7-8-9-10-11-12-13-14-15-16-17-20(2)22-19-18-21/h10-11,20-21H,3-9,12-19H2,1-2H3/b11-10-. The minimum atomic E-state index is 0.134. The normalized spacial score (nSPS) is 13.0. The van der Waals surface area contributed by atoms with Crippen molar-refractivity contribution in [2.45, 2.75) is 103 Å². The fourth-order valence-corrected chi connectivity index (χ4v) is 2.66. The van der Waals surface area contributed by atoms with E-state index in [0.717, 1.165) is 6.42 Å². The molecule has 132 valence electrons. The van der Waals surface area contributed by atoms with E-state index >= 15 is 0 Å². The van der Waals surface area contributed by atoms with Crippen LogP contribution in [0.3, 0.4) is 0 Å². The lowest BCUT2D eigenvalue weighted by atomic mass is 10.1. The second-order valence-corrected chi connectivity index (χ2v) is 6.42. The summed E-state index contributed by atoms with van der Waals surface area (Å²) < 4.78 is 5.44. The van der Waals surface area contributed by atoms with E-state index in [1.165, 1.54) is 77.0 Å². The van der Waals surface area contributed by atoms with Crippen molar-refractivity contribution >= 4 is 0 Å². The lowest BCUT2D eigenvalue weighted by molar-refractivity contribution is 0.0333. The number of hydrogen-bond donors (Lipinski definition) is 1. The fourth-order valence-electron chi connectivity index (χ4n) is 2.66. The quantitative estimate of drug-likeness (QED) is 0.262. The number of aliphatic hydroxyl groups excluding tert-OH is 1. The summed E-state index contributed by atoms with van der Waals surface area (Å²) >= 11 is 0. The van der Waals surface area contributed by atoms with Gasteiger partial charge in [-0.3, -0.25) is 0 Å². The van der Waals surface area contributed by atoms with Crippen LogP contribution < -0.4 is 0 Å². The predicted molar refractivity (Wildman–Crippen MR) is 97.3 cm³/mol. The molecule has 0 amide bonds. The molecule has 0 rings (SSSR count). The van der Waals surface area contributed by atoms with Gasteiger partial charge in [0.1, 0.15) is 0 Å². The summed E-state index contributed by atoms with van der Waals surface area (Å²) in [6, 6.07) is 0. The lowest BCUT2D eigenvalue weighted by Crippen LogP contribution is -2.11. The molecule has 0 spiro atoms. The second-order valence-electron chi connectivity index (χ2n) is 6.42. The third kappa shape index (κ3) is 17.7. The SMILES string of the molecule is CCCCCCCC/C=C\CCCCCCC(C)OCCO. The van der Waals surface area contributed by atoms with Gasteiger partial charge in [-0.15, -0.1) is 0 Å². The topological polar surface area (TPSA) is 29.5 Å². The molecule has 0 aliphatic heterocycles. The Labute approximate surface area is 139 Å². The van der Waals surface area contributed by atoms with E-state index in [9.17, 15) is 0 Å². The zero-order valence-electron chi connectivity index (χ0n) is 15.2. The highest BCUT2D eigenvalue weighted by Crippen LogP contribution is 2.10. The van der Waals surface area contributed by atoms with Gasteiger partial charge in [0.05, 0.1) is 19.3 Å². The average molecular weight is 313 g/mol. The van der Waals surface area contributed by atoms with Gasteiger partial charge in [0.15, 0.2) is 0 Å². The van der Waals surface area contributed by atoms with Gasteiger partial charge in [-0.1, -0.05) is 70.4 Å². The van der Waals surface area contributed by atoms with Gasteiger partial charge in [0, 0.05) is 0 Å². The zero-order valence-corrected chi connectivity index (χ0v) is 15.2. The Morgan fingerprint density at radius 3 is 1.95 bits per heavy atom. The van der Waals surface area contributed by atoms with Crippen LogP contribution in [0.1, 0.15) is 97.3 Å². The molecule has 0 aliphatic rings. The Balaban J connectivity index is 3.14. The van der Waals surface area contributed by atoms with Gasteiger partial charge in [-0.25, -0.2) is 0 Å². The first kappa shape index (κ1) is 21.7. The first-order valence-corrected chi connectivity index (χ1v) is 9.68. The Morgan fingerprint density at radius 2 is 1.36 bits per heavy atom. The number of hydrogen-bond acceptors (Lipinski definition) is 2. The van der Waals surface area contributed by atoms with Crippen LogP contribution in [-0.2, 0) is 4.74 Å². The maximum Gasteiger partial charge on any atom is 0.0701 e. The van der Waals surface area contributed by atoms with Gasteiger partial charge in [-0.05, 0) is 39.0 Å². The molecular weight excluding hydrogens is 272 g/mol. The number of rotatable bonds is 17. The lowest BCUT2D eigenvalue weighted by Gasteiger charge is -2.11. The van der Waals surface area contributed by atoms with Gasteiger partial charge in [0.2, 0.25) is 0 Å². The number of aliphatic hydroxyl groups is 1.